The summed E-state index contributed by atoms with van der Waals surface area (Å²) in [5.41, 5.74) is 0.690. The van der Waals surface area contributed by atoms with Crippen molar-refractivity contribution in [2.24, 2.45) is 0 Å². The van der Waals surface area contributed by atoms with Gasteiger partial charge in [0.15, 0.2) is 0 Å². The molecule has 0 bridgehead atoms. The lowest BCUT2D eigenvalue weighted by Gasteiger charge is -2.33. The molecule has 0 saturated carbocycles. The highest BCUT2D eigenvalue weighted by atomic mass is 35.5. The molecule has 2 rings (SSSR count). The van der Waals surface area contributed by atoms with Gasteiger partial charge in [-0.05, 0) is 13.8 Å². The molecule has 6 heteroatoms. The standard InChI is InChI=1S/C11H18N4O.ClH/c1-3-14-8-10(7-13-14)11(16)15-5-4-12-6-9(15)2;/h7-9,12H,3-6H2,1-2H3;1H. The van der Waals surface area contributed by atoms with Crippen molar-refractivity contribution in [1.82, 2.24) is 20.0 Å². The predicted molar refractivity (Wildman–Crippen MR) is 68.5 cm³/mol. The fourth-order valence-corrected chi connectivity index (χ4v) is 1.96. The fourth-order valence-electron chi connectivity index (χ4n) is 1.96. The zero-order valence-corrected chi connectivity index (χ0v) is 11.0. The van der Waals surface area contributed by atoms with Gasteiger partial charge < -0.3 is 10.2 Å². The summed E-state index contributed by atoms with van der Waals surface area (Å²) in [6.07, 6.45) is 3.47. The Kier molecular flexibility index (Phi) is 4.96. The molecule has 1 aliphatic rings. The molecule has 1 aromatic heterocycles. The third kappa shape index (κ3) is 2.98. The summed E-state index contributed by atoms with van der Waals surface area (Å²) < 4.78 is 1.78. The van der Waals surface area contributed by atoms with Crippen LogP contribution in [0, 0.1) is 0 Å². The van der Waals surface area contributed by atoms with E-state index in [2.05, 4.69) is 17.3 Å². The first-order valence-electron chi connectivity index (χ1n) is 5.76. The summed E-state index contributed by atoms with van der Waals surface area (Å²) in [5.74, 6) is 0.0914. The Morgan fingerprint density at radius 2 is 2.41 bits per heavy atom. The number of hydrogen-bond acceptors (Lipinski definition) is 3. The van der Waals surface area contributed by atoms with Crippen LogP contribution in [0.3, 0.4) is 0 Å². The van der Waals surface area contributed by atoms with Crippen molar-refractivity contribution >= 4 is 18.3 Å². The molecule has 1 N–H and O–H groups in total. The van der Waals surface area contributed by atoms with Gasteiger partial charge >= 0.3 is 0 Å². The molecule has 1 saturated heterocycles. The van der Waals surface area contributed by atoms with Gasteiger partial charge in [0.05, 0.1) is 11.8 Å². The van der Waals surface area contributed by atoms with E-state index in [0.717, 1.165) is 26.2 Å². The van der Waals surface area contributed by atoms with Crippen molar-refractivity contribution in [1.29, 1.82) is 0 Å². The van der Waals surface area contributed by atoms with Gasteiger partial charge in [-0.3, -0.25) is 9.48 Å². The van der Waals surface area contributed by atoms with Crippen LogP contribution in [0.15, 0.2) is 12.4 Å². The molecule has 0 aromatic carbocycles. The van der Waals surface area contributed by atoms with Gasteiger partial charge in [-0.1, -0.05) is 0 Å². The highest BCUT2D eigenvalue weighted by Crippen LogP contribution is 2.09. The van der Waals surface area contributed by atoms with Gasteiger partial charge in [0.2, 0.25) is 0 Å². The van der Waals surface area contributed by atoms with Gasteiger partial charge in [-0.15, -0.1) is 12.4 Å². The third-order valence-corrected chi connectivity index (χ3v) is 2.97. The van der Waals surface area contributed by atoms with Crippen molar-refractivity contribution < 1.29 is 4.79 Å². The second-order valence-corrected chi connectivity index (χ2v) is 4.14. The van der Waals surface area contributed by atoms with Crippen molar-refractivity contribution in [3.05, 3.63) is 18.0 Å². The molecule has 1 fully saturated rings. The first-order valence-corrected chi connectivity index (χ1v) is 5.76. The molecular formula is C11H19ClN4O. The van der Waals surface area contributed by atoms with Crippen LogP contribution >= 0.6 is 12.4 Å². The summed E-state index contributed by atoms with van der Waals surface area (Å²) in [7, 11) is 0. The van der Waals surface area contributed by atoms with Crippen LogP contribution in [-0.4, -0.2) is 46.3 Å². The molecule has 1 aromatic rings. The predicted octanol–water partition coefficient (Wildman–Crippen LogP) is 0.759. The van der Waals surface area contributed by atoms with E-state index in [4.69, 9.17) is 0 Å². The topological polar surface area (TPSA) is 50.2 Å². The second kappa shape index (κ2) is 6.02. The molecule has 17 heavy (non-hydrogen) atoms. The van der Waals surface area contributed by atoms with Crippen molar-refractivity contribution in [3.8, 4) is 0 Å². The maximum Gasteiger partial charge on any atom is 0.257 e. The second-order valence-electron chi connectivity index (χ2n) is 4.14. The van der Waals surface area contributed by atoms with Gasteiger partial charge in [0, 0.05) is 38.4 Å². The minimum atomic E-state index is 0. The van der Waals surface area contributed by atoms with E-state index in [1.165, 1.54) is 0 Å². The fraction of sp³-hybridized carbons (Fsp3) is 0.636. The molecule has 0 radical (unpaired) electrons. The van der Waals surface area contributed by atoms with Crippen molar-refractivity contribution in [2.75, 3.05) is 19.6 Å². The highest BCUT2D eigenvalue weighted by molar-refractivity contribution is 5.94. The number of aromatic nitrogens is 2. The Morgan fingerprint density at radius 3 is 3.00 bits per heavy atom. The van der Waals surface area contributed by atoms with Crippen LogP contribution in [0.25, 0.3) is 0 Å². The van der Waals surface area contributed by atoms with Gasteiger partial charge in [0.25, 0.3) is 5.91 Å². The molecule has 2 heterocycles. The van der Waals surface area contributed by atoms with Crippen LogP contribution < -0.4 is 5.32 Å². The van der Waals surface area contributed by atoms with Crippen molar-refractivity contribution in [2.45, 2.75) is 26.4 Å². The number of rotatable bonds is 2. The monoisotopic (exact) mass is 258 g/mol. The van der Waals surface area contributed by atoms with E-state index in [9.17, 15) is 4.79 Å². The molecule has 1 unspecified atom stereocenters. The lowest BCUT2D eigenvalue weighted by molar-refractivity contribution is 0.0655. The number of hydrogen-bond donors (Lipinski definition) is 1. The maximum atomic E-state index is 12.2. The molecule has 96 valence electrons. The van der Waals surface area contributed by atoms with Crippen LogP contribution in [0.1, 0.15) is 24.2 Å². The minimum Gasteiger partial charge on any atom is -0.333 e. The zero-order chi connectivity index (χ0) is 11.5. The number of carbonyl (C=O) groups is 1. The maximum absolute atomic E-state index is 12.2. The van der Waals surface area contributed by atoms with Crippen LogP contribution in [0.5, 0.6) is 0 Å². The highest BCUT2D eigenvalue weighted by Gasteiger charge is 2.24. The number of nitrogens with one attached hydrogen (secondary N) is 1. The molecular weight excluding hydrogens is 240 g/mol. The van der Waals surface area contributed by atoms with Crippen molar-refractivity contribution in [3.63, 3.8) is 0 Å². The number of aryl methyl sites for hydroxylation is 1. The number of piperazine rings is 1. The summed E-state index contributed by atoms with van der Waals surface area (Å²) in [4.78, 5) is 14.1. The molecule has 0 aliphatic carbocycles. The quantitative estimate of drug-likeness (QED) is 0.852. The Labute approximate surface area is 108 Å². The minimum absolute atomic E-state index is 0. The van der Waals surface area contributed by atoms with Gasteiger partial charge in [-0.2, -0.15) is 5.10 Å². The summed E-state index contributed by atoms with van der Waals surface area (Å²) in [6, 6.07) is 0.256. The van der Waals surface area contributed by atoms with Crippen LogP contribution in [0.2, 0.25) is 0 Å². The van der Waals surface area contributed by atoms with E-state index in [1.54, 1.807) is 10.9 Å². The first kappa shape index (κ1) is 14.0. The lowest BCUT2D eigenvalue weighted by atomic mass is 10.2. The average molecular weight is 259 g/mol. The van der Waals surface area contributed by atoms with E-state index in [0.29, 0.717) is 5.56 Å². The zero-order valence-electron chi connectivity index (χ0n) is 10.2. The largest absolute Gasteiger partial charge is 0.333 e. The summed E-state index contributed by atoms with van der Waals surface area (Å²) in [5, 5.41) is 7.40. The molecule has 1 aliphatic heterocycles. The number of nitrogens with zero attached hydrogens (tertiary/aromatic N) is 3. The Balaban J connectivity index is 0.00000144. The van der Waals surface area contributed by atoms with Crippen LogP contribution in [-0.2, 0) is 6.54 Å². The number of carbonyl (C=O) groups excluding carboxylic acids is 1. The lowest BCUT2D eigenvalue weighted by Crippen LogP contribution is -2.52. The SMILES string of the molecule is CCn1cc(C(=O)N2CCNCC2C)cn1.Cl. The Bertz CT molecular complexity index is 379. The van der Waals surface area contributed by atoms with E-state index in [1.807, 2.05) is 18.0 Å². The number of halogens is 1. The van der Waals surface area contributed by atoms with Gasteiger partial charge in [0.1, 0.15) is 0 Å². The Hall–Kier alpha value is -1.07. The third-order valence-electron chi connectivity index (χ3n) is 2.97. The summed E-state index contributed by atoms with van der Waals surface area (Å²) >= 11 is 0. The van der Waals surface area contributed by atoms with Gasteiger partial charge in [-0.25, -0.2) is 0 Å². The van der Waals surface area contributed by atoms with E-state index < -0.39 is 0 Å². The van der Waals surface area contributed by atoms with E-state index in [-0.39, 0.29) is 24.4 Å². The van der Waals surface area contributed by atoms with E-state index >= 15 is 0 Å². The first-order chi connectivity index (χ1) is 7.72. The smallest absolute Gasteiger partial charge is 0.257 e. The summed E-state index contributed by atoms with van der Waals surface area (Å²) in [6.45, 7) is 7.39. The number of amides is 1. The van der Waals surface area contributed by atoms with Crippen LogP contribution in [0.4, 0.5) is 0 Å². The Morgan fingerprint density at radius 1 is 1.65 bits per heavy atom. The average Bonchev–Trinajstić information content (AvgIpc) is 2.77. The molecule has 5 nitrogen and oxygen atoms in total. The molecule has 0 spiro atoms. The molecule has 1 atom stereocenters. The normalized spacial score (nSPS) is 19.9. The molecule has 1 amide bonds.